The van der Waals surface area contributed by atoms with Gasteiger partial charge in [0.2, 0.25) is 5.91 Å². The summed E-state index contributed by atoms with van der Waals surface area (Å²) in [7, 11) is 0. The number of nitrogens with zero attached hydrogens (tertiary/aromatic N) is 6. The summed E-state index contributed by atoms with van der Waals surface area (Å²) in [6.07, 6.45) is 4.56. The third-order valence-electron chi connectivity index (χ3n) is 8.34. The van der Waals surface area contributed by atoms with Gasteiger partial charge >= 0.3 is 5.69 Å². The van der Waals surface area contributed by atoms with Crippen LogP contribution in [0.25, 0.3) is 28.0 Å². The Hall–Kier alpha value is -3.77. The van der Waals surface area contributed by atoms with Crippen molar-refractivity contribution in [3.8, 4) is 16.9 Å². The molecular weight excluding hydrogens is 603 g/mol. The van der Waals surface area contributed by atoms with E-state index in [4.69, 9.17) is 4.98 Å². The van der Waals surface area contributed by atoms with Crippen LogP contribution in [0.4, 0.5) is 14.6 Å². The van der Waals surface area contributed by atoms with Gasteiger partial charge in [0.1, 0.15) is 17.3 Å². The van der Waals surface area contributed by atoms with Gasteiger partial charge in [-0.1, -0.05) is 26.5 Å². The number of fused-ring (bicyclic) bond motifs is 6. The Balaban J connectivity index is 1.53. The number of thioether (sulfide) groups is 2. The zero-order valence-corrected chi connectivity index (χ0v) is 25.9. The molecule has 44 heavy (non-hydrogen) atoms. The molecule has 2 bridgehead atoms. The van der Waals surface area contributed by atoms with Crippen LogP contribution in [0.1, 0.15) is 38.3 Å². The van der Waals surface area contributed by atoms with Crippen molar-refractivity contribution in [2.24, 2.45) is 0 Å². The van der Waals surface area contributed by atoms with Gasteiger partial charge in [-0.15, -0.1) is 23.5 Å². The molecule has 1 saturated carbocycles. The van der Waals surface area contributed by atoms with E-state index in [-0.39, 0.29) is 40.8 Å². The van der Waals surface area contributed by atoms with E-state index < -0.39 is 17.3 Å². The molecule has 3 aliphatic rings. The number of carbonyl (C=O) groups is 1. The van der Waals surface area contributed by atoms with Crippen LogP contribution in [-0.4, -0.2) is 67.0 Å². The second-order valence-electron chi connectivity index (χ2n) is 11.4. The average molecular weight is 633 g/mol. The zero-order chi connectivity index (χ0) is 30.7. The van der Waals surface area contributed by atoms with Gasteiger partial charge in [0.25, 0.3) is 0 Å². The Labute approximate surface area is 261 Å². The fourth-order valence-corrected chi connectivity index (χ4v) is 8.44. The molecule has 7 rings (SSSR count). The largest absolute Gasteiger partial charge is 0.355 e. The Morgan fingerprint density at radius 3 is 2.64 bits per heavy atom. The summed E-state index contributed by atoms with van der Waals surface area (Å²) in [6.45, 7) is 8.45. The van der Waals surface area contributed by atoms with E-state index in [2.05, 4.69) is 16.5 Å². The fourth-order valence-electron chi connectivity index (χ4n) is 6.23. The number of amides is 1. The third-order valence-corrected chi connectivity index (χ3v) is 10.6. The molecule has 1 amide bonds. The number of benzene rings is 1. The van der Waals surface area contributed by atoms with Crippen LogP contribution in [0.2, 0.25) is 0 Å². The molecule has 0 unspecified atom stereocenters. The van der Waals surface area contributed by atoms with Crippen molar-refractivity contribution in [2.45, 2.75) is 54.5 Å². The van der Waals surface area contributed by atoms with Crippen LogP contribution >= 0.6 is 23.5 Å². The maximum absolute atomic E-state index is 16.2. The van der Waals surface area contributed by atoms with E-state index in [0.717, 1.165) is 17.1 Å². The van der Waals surface area contributed by atoms with Crippen LogP contribution in [0, 0.1) is 11.6 Å². The molecule has 5 heterocycles. The fraction of sp³-hybridized carbons (Fsp3) is 0.344. The molecule has 1 saturated heterocycles. The van der Waals surface area contributed by atoms with Crippen molar-refractivity contribution in [2.75, 3.05) is 29.5 Å². The SMILES string of the molecule is C=CC(=O)N1CCN(c2nc(=O)n3c4nc(c(F)cc24)-c2c(F)cccc2SCCCSc2ccnc(C(C)C)c2-3)[C@H]2C[C@H]21. The molecule has 2 atom stereocenters. The number of hydrogen-bond acceptors (Lipinski definition) is 8. The minimum atomic E-state index is -0.703. The number of hydrogen-bond donors (Lipinski definition) is 0. The van der Waals surface area contributed by atoms with Crippen LogP contribution in [0.5, 0.6) is 0 Å². The maximum Gasteiger partial charge on any atom is 0.355 e. The number of piperazine rings is 1. The highest BCUT2D eigenvalue weighted by Gasteiger charge is 2.51. The Bertz CT molecular complexity index is 1900. The number of halogens is 2. The predicted octanol–water partition coefficient (Wildman–Crippen LogP) is 5.81. The predicted molar refractivity (Wildman–Crippen MR) is 170 cm³/mol. The maximum atomic E-state index is 16.2. The second-order valence-corrected chi connectivity index (χ2v) is 13.7. The highest BCUT2D eigenvalue weighted by Crippen LogP contribution is 2.43. The standard InChI is InChI=1S/C32H30F2N6O2S2/c1-4-25(41)38-11-12-39(22-16-21(22)38)30-18-15-20(34)28-26-19(33)7-5-8-23(26)43-13-6-14-44-24-9-10-35-27(17(2)3)29(24)40(31(18)36-28)32(42)37-30/h4-5,7-10,15,17,21-22H,1,6,11-14,16H2,2-3H3/t21-,22+/m1/s1. The summed E-state index contributed by atoms with van der Waals surface area (Å²) in [4.78, 5) is 45.8. The normalized spacial score (nSPS) is 19.5. The summed E-state index contributed by atoms with van der Waals surface area (Å²) >= 11 is 3.08. The summed E-state index contributed by atoms with van der Waals surface area (Å²) in [6, 6.07) is 7.79. The van der Waals surface area contributed by atoms with Gasteiger partial charge in [0.05, 0.1) is 34.4 Å². The van der Waals surface area contributed by atoms with E-state index in [1.54, 1.807) is 35.0 Å². The van der Waals surface area contributed by atoms with Crippen LogP contribution < -0.4 is 10.6 Å². The molecule has 226 valence electrons. The van der Waals surface area contributed by atoms with Crippen molar-refractivity contribution < 1.29 is 13.6 Å². The molecule has 1 aliphatic carbocycles. The quantitative estimate of drug-likeness (QED) is 0.262. The first kappa shape index (κ1) is 29.0. The van der Waals surface area contributed by atoms with Crippen LogP contribution in [0.3, 0.4) is 0 Å². The van der Waals surface area contributed by atoms with Crippen molar-refractivity contribution in [1.82, 2.24) is 24.4 Å². The lowest BCUT2D eigenvalue weighted by molar-refractivity contribution is -0.126. The Morgan fingerprint density at radius 1 is 1.07 bits per heavy atom. The van der Waals surface area contributed by atoms with Crippen molar-refractivity contribution in [1.29, 1.82) is 0 Å². The Kier molecular flexibility index (Phi) is 7.44. The second kappa shape index (κ2) is 11.3. The lowest BCUT2D eigenvalue weighted by Crippen LogP contribution is -2.49. The molecule has 0 N–H and O–H groups in total. The van der Waals surface area contributed by atoms with Crippen LogP contribution in [-0.2, 0) is 4.79 Å². The molecule has 0 spiro atoms. The number of carbonyl (C=O) groups excluding carboxylic acids is 1. The summed E-state index contributed by atoms with van der Waals surface area (Å²) < 4.78 is 33.2. The van der Waals surface area contributed by atoms with Crippen molar-refractivity contribution in [3.63, 3.8) is 0 Å². The molecule has 1 aromatic carbocycles. The van der Waals surface area contributed by atoms with E-state index in [1.165, 1.54) is 34.5 Å². The molecule has 0 radical (unpaired) electrons. The number of aromatic nitrogens is 4. The van der Waals surface area contributed by atoms with Crippen molar-refractivity contribution in [3.05, 3.63) is 77.0 Å². The average Bonchev–Trinajstić information content (AvgIpc) is 3.81. The lowest BCUT2D eigenvalue weighted by Gasteiger charge is -2.35. The molecule has 8 nitrogen and oxygen atoms in total. The number of anilines is 1. The summed E-state index contributed by atoms with van der Waals surface area (Å²) in [5.41, 5.74) is 0.795. The molecule has 3 aromatic heterocycles. The zero-order valence-electron chi connectivity index (χ0n) is 24.3. The van der Waals surface area contributed by atoms with E-state index in [0.29, 0.717) is 52.7 Å². The number of rotatable bonds is 3. The third kappa shape index (κ3) is 4.79. The van der Waals surface area contributed by atoms with E-state index in [9.17, 15) is 9.59 Å². The van der Waals surface area contributed by atoms with E-state index >= 15 is 8.78 Å². The minimum Gasteiger partial charge on any atom is -0.349 e. The first-order valence-corrected chi connectivity index (χ1v) is 16.6. The summed E-state index contributed by atoms with van der Waals surface area (Å²) in [5, 5.41) is 0.343. The van der Waals surface area contributed by atoms with Gasteiger partial charge in [-0.2, -0.15) is 4.98 Å². The molecule has 2 aliphatic heterocycles. The smallest absolute Gasteiger partial charge is 0.349 e. The van der Waals surface area contributed by atoms with Gasteiger partial charge in [-0.3, -0.25) is 9.78 Å². The highest BCUT2D eigenvalue weighted by molar-refractivity contribution is 8.00. The summed E-state index contributed by atoms with van der Waals surface area (Å²) in [5.74, 6) is 0.305. The van der Waals surface area contributed by atoms with Gasteiger partial charge < -0.3 is 9.80 Å². The van der Waals surface area contributed by atoms with E-state index in [1.807, 2.05) is 24.8 Å². The lowest BCUT2D eigenvalue weighted by atomic mass is 10.1. The van der Waals surface area contributed by atoms with Gasteiger partial charge in [0.15, 0.2) is 11.5 Å². The van der Waals surface area contributed by atoms with Gasteiger partial charge in [-0.25, -0.2) is 23.1 Å². The topological polar surface area (TPSA) is 84.2 Å². The monoisotopic (exact) mass is 632 g/mol. The molecule has 4 aromatic rings. The molecular formula is C32H30F2N6O2S2. The minimum absolute atomic E-state index is 0.0424. The molecule has 2 fully saturated rings. The first-order chi connectivity index (χ1) is 21.3. The molecule has 12 heteroatoms. The Morgan fingerprint density at radius 2 is 1.86 bits per heavy atom. The number of pyridine rings is 2. The van der Waals surface area contributed by atoms with Gasteiger partial charge in [0, 0.05) is 29.1 Å². The highest BCUT2D eigenvalue weighted by atomic mass is 32.2. The van der Waals surface area contributed by atoms with Crippen LogP contribution in [0.15, 0.2) is 63.8 Å². The van der Waals surface area contributed by atoms with Crippen molar-refractivity contribution >= 4 is 46.3 Å². The first-order valence-electron chi connectivity index (χ1n) is 14.6. The van der Waals surface area contributed by atoms with Gasteiger partial charge in [-0.05, 0) is 60.6 Å².